The van der Waals surface area contributed by atoms with E-state index in [0.717, 1.165) is 4.90 Å². The number of hydrogen-bond acceptors (Lipinski definition) is 6. The van der Waals surface area contributed by atoms with E-state index in [1.165, 1.54) is 4.90 Å². The molecule has 0 aromatic rings. The number of carboxylic acids is 1. The Balaban J connectivity index is 1.96. The molecule has 0 radical (unpaired) electrons. The minimum Gasteiger partial charge on any atom is -0.480 e. The summed E-state index contributed by atoms with van der Waals surface area (Å²) >= 11 is 0. The van der Waals surface area contributed by atoms with Gasteiger partial charge in [-0.3, -0.25) is 14.5 Å². The predicted octanol–water partition coefficient (Wildman–Crippen LogP) is -1.25. The molecule has 0 saturated carbocycles. The van der Waals surface area contributed by atoms with Crippen molar-refractivity contribution < 1.29 is 29.0 Å². The van der Waals surface area contributed by atoms with Crippen molar-refractivity contribution >= 4 is 18.0 Å². The Kier molecular flexibility index (Phi) is 3.78. The average molecular weight is 258 g/mol. The van der Waals surface area contributed by atoms with Crippen LogP contribution >= 0.6 is 0 Å². The van der Waals surface area contributed by atoms with Crippen LogP contribution in [0.2, 0.25) is 0 Å². The molecule has 8 nitrogen and oxygen atoms in total. The molecule has 0 aromatic carbocycles. The molecule has 2 aliphatic rings. The first-order valence-corrected chi connectivity index (χ1v) is 5.61. The normalized spacial score (nSPS) is 25.0. The Morgan fingerprint density at radius 2 is 2.11 bits per heavy atom. The molecule has 2 amide bonds. The Labute approximate surface area is 103 Å². The molecule has 2 saturated heterocycles. The Hall–Kier alpha value is -1.67. The Morgan fingerprint density at radius 3 is 2.72 bits per heavy atom. The number of amides is 2. The number of carbonyl (C=O) groups is 3. The van der Waals surface area contributed by atoms with E-state index in [0.29, 0.717) is 13.2 Å². The Bertz CT molecular complexity index is 371. The monoisotopic (exact) mass is 258 g/mol. The molecular weight excluding hydrogens is 244 g/mol. The van der Waals surface area contributed by atoms with Gasteiger partial charge in [-0.25, -0.2) is 9.69 Å². The number of imide groups is 1. The van der Waals surface area contributed by atoms with E-state index < -0.39 is 24.0 Å². The molecule has 0 bridgehead atoms. The topological polar surface area (TPSA) is 96.4 Å². The largest absolute Gasteiger partial charge is 0.480 e. The van der Waals surface area contributed by atoms with Gasteiger partial charge in [0.2, 0.25) is 5.91 Å². The third kappa shape index (κ3) is 2.59. The smallest absolute Gasteiger partial charge is 0.416 e. The first kappa shape index (κ1) is 12.8. The summed E-state index contributed by atoms with van der Waals surface area (Å²) in [5.41, 5.74) is 0. The fraction of sp³-hybridized carbons (Fsp3) is 0.700. The molecule has 2 fully saturated rings. The summed E-state index contributed by atoms with van der Waals surface area (Å²) in [5.74, 6) is -1.47. The van der Waals surface area contributed by atoms with Gasteiger partial charge in [0.1, 0.15) is 12.6 Å². The molecule has 2 heterocycles. The van der Waals surface area contributed by atoms with Crippen LogP contribution < -0.4 is 0 Å². The van der Waals surface area contributed by atoms with Crippen molar-refractivity contribution in [2.24, 2.45) is 0 Å². The maximum atomic E-state index is 11.8. The number of hydrogen-bond donors (Lipinski definition) is 1. The van der Waals surface area contributed by atoms with Gasteiger partial charge in [-0.1, -0.05) is 0 Å². The molecule has 8 heteroatoms. The quantitative estimate of drug-likeness (QED) is 0.675. The number of nitrogens with zero attached hydrogens (tertiary/aromatic N) is 2. The zero-order valence-corrected chi connectivity index (χ0v) is 9.70. The number of rotatable bonds is 3. The van der Waals surface area contributed by atoms with Crippen LogP contribution in [0, 0.1) is 0 Å². The second-order valence-electron chi connectivity index (χ2n) is 4.06. The summed E-state index contributed by atoms with van der Waals surface area (Å²) in [6, 6.07) is -0.846. The molecule has 0 aliphatic carbocycles. The minimum absolute atomic E-state index is 0.0487. The molecule has 1 N–H and O–H groups in total. The van der Waals surface area contributed by atoms with Gasteiger partial charge in [0, 0.05) is 6.54 Å². The van der Waals surface area contributed by atoms with Crippen LogP contribution in [0.1, 0.15) is 0 Å². The van der Waals surface area contributed by atoms with Crippen LogP contribution in [0.4, 0.5) is 4.79 Å². The van der Waals surface area contributed by atoms with Crippen LogP contribution in [0.15, 0.2) is 0 Å². The molecule has 18 heavy (non-hydrogen) atoms. The summed E-state index contributed by atoms with van der Waals surface area (Å²) in [4.78, 5) is 36.5. The van der Waals surface area contributed by atoms with Gasteiger partial charge in [0.15, 0.2) is 0 Å². The van der Waals surface area contributed by atoms with E-state index in [2.05, 4.69) is 4.74 Å². The third-order valence-electron chi connectivity index (χ3n) is 2.92. The van der Waals surface area contributed by atoms with Crippen LogP contribution in [0.3, 0.4) is 0 Å². The maximum absolute atomic E-state index is 11.8. The van der Waals surface area contributed by atoms with Gasteiger partial charge >= 0.3 is 12.1 Å². The number of carbonyl (C=O) groups excluding carboxylic acids is 2. The molecule has 1 unspecified atom stereocenters. The van der Waals surface area contributed by atoms with Crippen LogP contribution in [0.5, 0.6) is 0 Å². The lowest BCUT2D eigenvalue weighted by Crippen LogP contribution is -2.53. The second-order valence-corrected chi connectivity index (χ2v) is 4.06. The summed E-state index contributed by atoms with van der Waals surface area (Å²) in [7, 11) is 0. The van der Waals surface area contributed by atoms with Gasteiger partial charge < -0.3 is 14.6 Å². The van der Waals surface area contributed by atoms with Crippen molar-refractivity contribution in [1.29, 1.82) is 0 Å². The molecule has 1 atom stereocenters. The van der Waals surface area contributed by atoms with E-state index in [-0.39, 0.29) is 26.3 Å². The maximum Gasteiger partial charge on any atom is 0.416 e. The summed E-state index contributed by atoms with van der Waals surface area (Å²) in [6.45, 7) is 1.07. The number of cyclic esters (lactones) is 1. The van der Waals surface area contributed by atoms with Crippen molar-refractivity contribution in [2.75, 3.05) is 39.5 Å². The van der Waals surface area contributed by atoms with Crippen molar-refractivity contribution in [1.82, 2.24) is 9.80 Å². The summed E-state index contributed by atoms with van der Waals surface area (Å²) in [5, 5.41) is 9.00. The highest BCUT2D eigenvalue weighted by molar-refractivity contribution is 5.94. The fourth-order valence-corrected chi connectivity index (χ4v) is 1.93. The van der Waals surface area contributed by atoms with Crippen molar-refractivity contribution in [3.05, 3.63) is 0 Å². The third-order valence-corrected chi connectivity index (χ3v) is 2.92. The van der Waals surface area contributed by atoms with Crippen LogP contribution in [-0.4, -0.2) is 78.4 Å². The van der Waals surface area contributed by atoms with E-state index in [1.807, 2.05) is 0 Å². The summed E-state index contributed by atoms with van der Waals surface area (Å²) < 4.78 is 9.72. The number of ether oxygens (including phenoxy) is 2. The molecule has 100 valence electrons. The van der Waals surface area contributed by atoms with Gasteiger partial charge in [0.25, 0.3) is 0 Å². The first-order chi connectivity index (χ1) is 8.59. The lowest BCUT2D eigenvalue weighted by molar-refractivity contribution is -0.151. The lowest BCUT2D eigenvalue weighted by atomic mass is 10.2. The first-order valence-electron chi connectivity index (χ1n) is 5.61. The van der Waals surface area contributed by atoms with E-state index in [9.17, 15) is 14.4 Å². The molecule has 0 aromatic heterocycles. The van der Waals surface area contributed by atoms with Gasteiger partial charge in [-0.2, -0.15) is 0 Å². The van der Waals surface area contributed by atoms with Crippen molar-refractivity contribution in [3.63, 3.8) is 0 Å². The standard InChI is InChI=1S/C10H14N2O6/c13-8(12-2-4-18-10(12)16)5-11-1-3-17-6-7(11)9(14)15/h7H,1-6H2,(H,14,15). The minimum atomic E-state index is -1.04. The van der Waals surface area contributed by atoms with E-state index in [4.69, 9.17) is 9.84 Å². The number of aliphatic carboxylic acids is 1. The average Bonchev–Trinajstić information content (AvgIpc) is 2.76. The molecular formula is C10H14N2O6. The predicted molar refractivity (Wildman–Crippen MR) is 56.9 cm³/mol. The lowest BCUT2D eigenvalue weighted by Gasteiger charge is -2.32. The van der Waals surface area contributed by atoms with Gasteiger partial charge in [0.05, 0.1) is 26.3 Å². The highest BCUT2D eigenvalue weighted by Crippen LogP contribution is 2.10. The second kappa shape index (κ2) is 5.32. The van der Waals surface area contributed by atoms with Crippen molar-refractivity contribution in [2.45, 2.75) is 6.04 Å². The number of carboxylic acid groups (broad SMARTS) is 1. The molecule has 2 rings (SSSR count). The fourth-order valence-electron chi connectivity index (χ4n) is 1.93. The molecule has 0 spiro atoms. The zero-order chi connectivity index (χ0) is 13.1. The SMILES string of the molecule is O=C(O)C1COCCN1CC(=O)N1CCOC1=O. The molecule has 2 aliphatic heterocycles. The van der Waals surface area contributed by atoms with E-state index >= 15 is 0 Å². The number of morpholine rings is 1. The van der Waals surface area contributed by atoms with Gasteiger partial charge in [-0.05, 0) is 0 Å². The van der Waals surface area contributed by atoms with Crippen LogP contribution in [-0.2, 0) is 19.1 Å². The highest BCUT2D eigenvalue weighted by Gasteiger charge is 2.34. The highest BCUT2D eigenvalue weighted by atomic mass is 16.6. The Morgan fingerprint density at radius 1 is 1.33 bits per heavy atom. The van der Waals surface area contributed by atoms with Crippen molar-refractivity contribution in [3.8, 4) is 0 Å². The van der Waals surface area contributed by atoms with E-state index in [1.54, 1.807) is 0 Å². The van der Waals surface area contributed by atoms with Crippen LogP contribution in [0.25, 0.3) is 0 Å². The zero-order valence-electron chi connectivity index (χ0n) is 9.70. The van der Waals surface area contributed by atoms with Gasteiger partial charge in [-0.15, -0.1) is 0 Å². The summed E-state index contributed by atoms with van der Waals surface area (Å²) in [6.07, 6.45) is -0.667.